The third-order valence-corrected chi connectivity index (χ3v) is 6.09. The summed E-state index contributed by atoms with van der Waals surface area (Å²) in [4.78, 5) is 32.8. The molecule has 0 bridgehead atoms. The molecule has 0 spiro atoms. The third-order valence-electron chi connectivity index (χ3n) is 5.03. The number of amides is 1. The van der Waals surface area contributed by atoms with Crippen LogP contribution >= 0.6 is 11.8 Å². The Balaban J connectivity index is 1.93. The molecule has 1 heterocycles. The van der Waals surface area contributed by atoms with E-state index in [1.807, 2.05) is 31.2 Å². The molecule has 1 aliphatic rings. The van der Waals surface area contributed by atoms with Crippen LogP contribution in [0.5, 0.6) is 5.75 Å². The van der Waals surface area contributed by atoms with E-state index in [2.05, 4.69) is 23.7 Å². The Morgan fingerprint density at radius 2 is 1.94 bits per heavy atom. The number of aliphatic imine (C=N–C) groups is 1. The fraction of sp³-hybridized carbons (Fsp3) is 0.292. The van der Waals surface area contributed by atoms with E-state index in [0.717, 1.165) is 30.1 Å². The van der Waals surface area contributed by atoms with Crippen molar-refractivity contribution in [2.24, 2.45) is 4.99 Å². The molecular formula is C24H27N3O4S. The molecule has 7 nitrogen and oxygen atoms in total. The second-order valence-electron chi connectivity index (χ2n) is 7.05. The van der Waals surface area contributed by atoms with Crippen molar-refractivity contribution >= 4 is 46.3 Å². The highest BCUT2D eigenvalue weighted by Gasteiger charge is 2.30. The number of ether oxygens (including phenoxy) is 1. The van der Waals surface area contributed by atoms with Crippen LogP contribution in [0.3, 0.4) is 0 Å². The largest absolute Gasteiger partial charge is 0.493 e. The Hall–Kier alpha value is -3.26. The molecule has 32 heavy (non-hydrogen) atoms. The summed E-state index contributed by atoms with van der Waals surface area (Å²) in [6.07, 6.45) is 1.82. The molecule has 0 unspecified atom stereocenters. The highest BCUT2D eigenvalue weighted by atomic mass is 32.2. The maximum atomic E-state index is 12.8. The van der Waals surface area contributed by atoms with Gasteiger partial charge in [0.15, 0.2) is 5.17 Å². The molecule has 168 valence electrons. The molecule has 3 rings (SSSR count). The number of amidine groups is 1. The van der Waals surface area contributed by atoms with Crippen LogP contribution < -0.4 is 9.64 Å². The maximum Gasteiger partial charge on any atom is 0.335 e. The molecule has 1 aliphatic heterocycles. The zero-order chi connectivity index (χ0) is 23.3. The van der Waals surface area contributed by atoms with E-state index in [1.54, 1.807) is 19.2 Å². The summed E-state index contributed by atoms with van der Waals surface area (Å²) < 4.78 is 5.86. The van der Waals surface area contributed by atoms with Gasteiger partial charge in [-0.05, 0) is 68.9 Å². The van der Waals surface area contributed by atoms with Crippen molar-refractivity contribution in [2.75, 3.05) is 31.6 Å². The Labute approximate surface area is 192 Å². The number of hydrogen-bond acceptors (Lipinski definition) is 6. The average Bonchev–Trinajstić information content (AvgIpc) is 3.04. The Bertz CT molecular complexity index is 1080. The summed E-state index contributed by atoms with van der Waals surface area (Å²) in [6, 6.07) is 12.3. The predicted octanol–water partition coefficient (Wildman–Crippen LogP) is 4.86. The minimum Gasteiger partial charge on any atom is -0.493 e. The topological polar surface area (TPSA) is 82.4 Å². The number of aromatic carboxylic acids is 1. The quantitative estimate of drug-likeness (QED) is 0.575. The number of carboxylic acids is 1. The van der Waals surface area contributed by atoms with Crippen LogP contribution in [0.2, 0.25) is 0 Å². The number of carbonyl (C=O) groups is 2. The number of carbonyl (C=O) groups excluding carboxylic acids is 1. The fourth-order valence-corrected chi connectivity index (χ4v) is 4.30. The zero-order valence-corrected chi connectivity index (χ0v) is 19.5. The van der Waals surface area contributed by atoms with Crippen LogP contribution in [0, 0.1) is 0 Å². The van der Waals surface area contributed by atoms with Crippen molar-refractivity contribution in [1.29, 1.82) is 0 Å². The summed E-state index contributed by atoms with van der Waals surface area (Å²) in [5, 5.41) is 9.67. The number of rotatable bonds is 8. The van der Waals surface area contributed by atoms with E-state index >= 15 is 0 Å². The normalized spacial score (nSPS) is 16.1. The molecule has 1 fully saturated rings. The van der Waals surface area contributed by atoms with Gasteiger partial charge in [0.2, 0.25) is 0 Å². The summed E-state index contributed by atoms with van der Waals surface area (Å²) in [6.45, 7) is 8.45. The molecule has 2 aromatic rings. The van der Waals surface area contributed by atoms with Crippen LogP contribution in [-0.2, 0) is 4.79 Å². The van der Waals surface area contributed by atoms with Crippen molar-refractivity contribution in [3.63, 3.8) is 0 Å². The van der Waals surface area contributed by atoms with Crippen molar-refractivity contribution in [1.82, 2.24) is 4.90 Å². The van der Waals surface area contributed by atoms with Gasteiger partial charge < -0.3 is 14.7 Å². The summed E-state index contributed by atoms with van der Waals surface area (Å²) in [5.41, 5.74) is 2.52. The average molecular weight is 454 g/mol. The Kier molecular flexibility index (Phi) is 7.58. The van der Waals surface area contributed by atoms with Gasteiger partial charge in [0.1, 0.15) is 5.75 Å². The predicted molar refractivity (Wildman–Crippen MR) is 130 cm³/mol. The smallest absolute Gasteiger partial charge is 0.335 e. The zero-order valence-electron chi connectivity index (χ0n) is 18.7. The molecule has 1 amide bonds. The van der Waals surface area contributed by atoms with Gasteiger partial charge in [0.25, 0.3) is 5.91 Å². The number of hydrogen-bond donors (Lipinski definition) is 1. The van der Waals surface area contributed by atoms with Crippen molar-refractivity contribution in [3.05, 3.63) is 58.5 Å². The van der Waals surface area contributed by atoms with Gasteiger partial charge in [-0.3, -0.25) is 9.69 Å². The molecule has 0 atom stereocenters. The SMILES string of the molecule is CCOc1cc(N(CC)CC)ccc1C=C1SC(=Nc2cccc(C(=O)O)c2)N(C)C1=O. The van der Waals surface area contributed by atoms with Crippen molar-refractivity contribution < 1.29 is 19.4 Å². The van der Waals surface area contributed by atoms with E-state index in [4.69, 9.17) is 4.74 Å². The van der Waals surface area contributed by atoms with E-state index in [1.165, 1.54) is 28.8 Å². The van der Waals surface area contributed by atoms with E-state index in [9.17, 15) is 14.7 Å². The lowest BCUT2D eigenvalue weighted by molar-refractivity contribution is -0.121. The minimum atomic E-state index is -1.02. The molecule has 0 aromatic heterocycles. The Morgan fingerprint density at radius 1 is 1.19 bits per heavy atom. The monoisotopic (exact) mass is 453 g/mol. The van der Waals surface area contributed by atoms with Gasteiger partial charge in [0.05, 0.1) is 22.8 Å². The van der Waals surface area contributed by atoms with Gasteiger partial charge >= 0.3 is 5.97 Å². The fourth-order valence-electron chi connectivity index (χ4n) is 3.32. The first-order valence-electron chi connectivity index (χ1n) is 10.5. The molecule has 0 aliphatic carbocycles. The number of nitrogens with zero attached hydrogens (tertiary/aromatic N) is 3. The molecular weight excluding hydrogens is 426 g/mol. The summed E-state index contributed by atoms with van der Waals surface area (Å²) >= 11 is 1.25. The minimum absolute atomic E-state index is 0.147. The number of benzene rings is 2. The van der Waals surface area contributed by atoms with E-state index in [0.29, 0.717) is 22.4 Å². The van der Waals surface area contributed by atoms with Gasteiger partial charge in [-0.1, -0.05) is 6.07 Å². The highest BCUT2D eigenvalue weighted by molar-refractivity contribution is 8.18. The lowest BCUT2D eigenvalue weighted by Gasteiger charge is -2.22. The van der Waals surface area contributed by atoms with E-state index in [-0.39, 0.29) is 11.5 Å². The van der Waals surface area contributed by atoms with Crippen LogP contribution in [0.1, 0.15) is 36.7 Å². The first kappa shape index (κ1) is 23.4. The van der Waals surface area contributed by atoms with Gasteiger partial charge in [-0.2, -0.15) is 0 Å². The van der Waals surface area contributed by atoms with Crippen molar-refractivity contribution in [3.8, 4) is 5.75 Å². The van der Waals surface area contributed by atoms with Gasteiger partial charge in [-0.15, -0.1) is 0 Å². The van der Waals surface area contributed by atoms with Crippen molar-refractivity contribution in [2.45, 2.75) is 20.8 Å². The molecule has 2 aromatic carbocycles. The summed E-state index contributed by atoms with van der Waals surface area (Å²) in [7, 11) is 1.66. The second kappa shape index (κ2) is 10.4. The lowest BCUT2D eigenvalue weighted by atomic mass is 10.1. The van der Waals surface area contributed by atoms with Crippen LogP contribution in [0.25, 0.3) is 6.08 Å². The van der Waals surface area contributed by atoms with Gasteiger partial charge in [-0.25, -0.2) is 9.79 Å². The highest BCUT2D eigenvalue weighted by Crippen LogP contribution is 2.36. The number of carboxylic acid groups (broad SMARTS) is 1. The number of thioether (sulfide) groups is 1. The van der Waals surface area contributed by atoms with Crippen LogP contribution in [0.4, 0.5) is 11.4 Å². The molecule has 0 radical (unpaired) electrons. The van der Waals surface area contributed by atoms with Crippen LogP contribution in [0.15, 0.2) is 52.4 Å². The molecule has 8 heteroatoms. The molecule has 1 saturated heterocycles. The summed E-state index contributed by atoms with van der Waals surface area (Å²) in [5.74, 6) is -0.467. The number of likely N-dealkylation sites (N-methyl/N-ethyl adjacent to an activating group) is 1. The third kappa shape index (κ3) is 5.13. The number of anilines is 1. The van der Waals surface area contributed by atoms with Gasteiger partial charge in [0, 0.05) is 37.5 Å². The lowest BCUT2D eigenvalue weighted by Crippen LogP contribution is -2.23. The maximum absolute atomic E-state index is 12.8. The second-order valence-corrected chi connectivity index (χ2v) is 8.06. The van der Waals surface area contributed by atoms with Crippen LogP contribution in [-0.4, -0.2) is 53.8 Å². The molecule has 1 N–H and O–H groups in total. The van der Waals surface area contributed by atoms with E-state index < -0.39 is 5.97 Å². The Morgan fingerprint density at radius 3 is 2.59 bits per heavy atom. The first-order chi connectivity index (χ1) is 15.4. The standard InChI is InChI=1S/C24H27N3O4S/c1-5-27(6-2)19-12-11-16(20(15-19)31-7-3)14-21-22(28)26(4)24(32-21)25-18-10-8-9-17(13-18)23(29)30/h8-15H,5-7H2,1-4H3,(H,29,30). The molecule has 0 saturated carbocycles. The first-order valence-corrected chi connectivity index (χ1v) is 11.3.